The van der Waals surface area contributed by atoms with Crippen LogP contribution >= 0.6 is 0 Å². The molecule has 2 aromatic rings. The van der Waals surface area contributed by atoms with Crippen molar-refractivity contribution in [2.45, 2.75) is 102 Å². The maximum absolute atomic E-state index is 15.2. The molecule has 0 bridgehead atoms. The number of benzene rings is 2. The third-order valence-corrected chi connectivity index (χ3v) is 8.70. The van der Waals surface area contributed by atoms with Crippen LogP contribution in [-0.2, 0) is 4.74 Å². The highest BCUT2D eigenvalue weighted by Crippen LogP contribution is 2.40. The lowest BCUT2D eigenvalue weighted by Crippen LogP contribution is -2.26. The topological polar surface area (TPSA) is 9.23 Å². The van der Waals surface area contributed by atoms with Crippen molar-refractivity contribution in [3.05, 3.63) is 59.4 Å². The molecule has 2 saturated carbocycles. The molecule has 2 fully saturated rings. The molecule has 180 valence electrons. The fourth-order valence-corrected chi connectivity index (χ4v) is 6.66. The standard InChI is InChI=1S/C31H43FO/c1-4-6-22-7-9-23(10-8-22)24-11-15-26(16-12-24)29-20-19-28(21-30(29)32)25-13-17-27(18-14-25)31(5-2)33-3/h11-12,15-16,19-23,25,27,31H,4-10,13-14,17-18H2,1-3H3. The molecule has 1 unspecified atom stereocenters. The lowest BCUT2D eigenvalue weighted by Gasteiger charge is -2.33. The van der Waals surface area contributed by atoms with Crippen molar-refractivity contribution in [1.29, 1.82) is 0 Å². The van der Waals surface area contributed by atoms with Gasteiger partial charge in [-0.05, 0) is 104 Å². The highest BCUT2D eigenvalue weighted by atomic mass is 19.1. The number of hydrogen-bond acceptors (Lipinski definition) is 1. The minimum atomic E-state index is -0.0780. The van der Waals surface area contributed by atoms with E-state index in [-0.39, 0.29) is 5.82 Å². The van der Waals surface area contributed by atoms with Gasteiger partial charge in [-0.15, -0.1) is 0 Å². The lowest BCUT2D eigenvalue weighted by molar-refractivity contribution is 0.0315. The summed E-state index contributed by atoms with van der Waals surface area (Å²) in [6.07, 6.45) is 14.1. The van der Waals surface area contributed by atoms with Gasteiger partial charge in [-0.3, -0.25) is 0 Å². The van der Waals surface area contributed by atoms with Crippen LogP contribution < -0.4 is 0 Å². The van der Waals surface area contributed by atoms with E-state index in [1.54, 1.807) is 6.07 Å². The Balaban J connectivity index is 1.37. The Morgan fingerprint density at radius 3 is 2.00 bits per heavy atom. The van der Waals surface area contributed by atoms with Crippen molar-refractivity contribution in [1.82, 2.24) is 0 Å². The van der Waals surface area contributed by atoms with Gasteiger partial charge >= 0.3 is 0 Å². The van der Waals surface area contributed by atoms with Gasteiger partial charge in [0.2, 0.25) is 0 Å². The van der Waals surface area contributed by atoms with Gasteiger partial charge in [0.25, 0.3) is 0 Å². The van der Waals surface area contributed by atoms with Crippen LogP contribution in [0.1, 0.15) is 107 Å². The minimum Gasteiger partial charge on any atom is -0.381 e. The van der Waals surface area contributed by atoms with Crippen LogP contribution in [0.3, 0.4) is 0 Å². The summed E-state index contributed by atoms with van der Waals surface area (Å²) in [7, 11) is 1.83. The van der Waals surface area contributed by atoms with Crippen molar-refractivity contribution in [2.75, 3.05) is 7.11 Å². The lowest BCUT2D eigenvalue weighted by atomic mass is 9.76. The number of rotatable bonds is 8. The first-order valence-electron chi connectivity index (χ1n) is 13.5. The zero-order valence-corrected chi connectivity index (χ0v) is 21.0. The third kappa shape index (κ3) is 5.88. The first-order valence-corrected chi connectivity index (χ1v) is 13.5. The van der Waals surface area contributed by atoms with Crippen LogP contribution in [0, 0.1) is 17.7 Å². The molecule has 0 heterocycles. The summed E-state index contributed by atoms with van der Waals surface area (Å²) < 4.78 is 20.8. The zero-order valence-electron chi connectivity index (χ0n) is 21.0. The van der Waals surface area contributed by atoms with Gasteiger partial charge < -0.3 is 4.74 Å². The average Bonchev–Trinajstić information content (AvgIpc) is 2.86. The van der Waals surface area contributed by atoms with Gasteiger partial charge in [-0.25, -0.2) is 4.39 Å². The minimum absolute atomic E-state index is 0.0780. The fourth-order valence-electron chi connectivity index (χ4n) is 6.66. The predicted octanol–water partition coefficient (Wildman–Crippen LogP) is 9.27. The maximum atomic E-state index is 15.2. The van der Waals surface area contributed by atoms with E-state index >= 15 is 4.39 Å². The molecular formula is C31H43FO. The van der Waals surface area contributed by atoms with Gasteiger partial charge in [0.05, 0.1) is 6.10 Å². The highest BCUT2D eigenvalue weighted by Gasteiger charge is 2.28. The van der Waals surface area contributed by atoms with Gasteiger partial charge in [0.15, 0.2) is 0 Å². The van der Waals surface area contributed by atoms with Crippen LogP contribution in [0.4, 0.5) is 4.39 Å². The molecule has 2 heteroatoms. The van der Waals surface area contributed by atoms with E-state index in [0.29, 0.717) is 23.9 Å². The first-order chi connectivity index (χ1) is 16.1. The van der Waals surface area contributed by atoms with Crippen molar-refractivity contribution in [2.24, 2.45) is 11.8 Å². The first kappa shape index (κ1) is 24.5. The Morgan fingerprint density at radius 1 is 0.818 bits per heavy atom. The summed E-state index contributed by atoms with van der Waals surface area (Å²) in [5.74, 6) is 2.66. The number of methoxy groups -OCH3 is 1. The molecule has 0 aromatic heterocycles. The van der Waals surface area contributed by atoms with E-state index in [1.807, 2.05) is 13.2 Å². The van der Waals surface area contributed by atoms with Crippen LogP contribution in [-0.4, -0.2) is 13.2 Å². The van der Waals surface area contributed by atoms with Crippen LogP contribution in [0.5, 0.6) is 0 Å². The molecule has 33 heavy (non-hydrogen) atoms. The molecule has 4 rings (SSSR count). The molecule has 1 nitrogen and oxygen atoms in total. The molecule has 0 saturated heterocycles. The maximum Gasteiger partial charge on any atom is 0.131 e. The van der Waals surface area contributed by atoms with E-state index in [4.69, 9.17) is 4.74 Å². The normalized spacial score (nSPS) is 26.8. The van der Waals surface area contributed by atoms with E-state index in [1.165, 1.54) is 62.5 Å². The van der Waals surface area contributed by atoms with Crippen molar-refractivity contribution < 1.29 is 9.13 Å². The summed E-state index contributed by atoms with van der Waals surface area (Å²) in [5.41, 5.74) is 4.33. The zero-order chi connectivity index (χ0) is 23.2. The third-order valence-electron chi connectivity index (χ3n) is 8.70. The highest BCUT2D eigenvalue weighted by molar-refractivity contribution is 5.65. The van der Waals surface area contributed by atoms with Crippen molar-refractivity contribution in [3.63, 3.8) is 0 Å². The molecule has 0 spiro atoms. The Hall–Kier alpha value is -1.67. The Kier molecular flexibility index (Phi) is 8.63. The quantitative estimate of drug-likeness (QED) is 0.389. The second-order valence-corrected chi connectivity index (χ2v) is 10.7. The van der Waals surface area contributed by atoms with Gasteiger partial charge in [-0.2, -0.15) is 0 Å². The molecular weight excluding hydrogens is 407 g/mol. The average molecular weight is 451 g/mol. The SMILES string of the molecule is CCCC1CCC(c2ccc(-c3ccc(C4CCC(C(CC)OC)CC4)cc3F)cc2)CC1. The monoisotopic (exact) mass is 450 g/mol. The summed E-state index contributed by atoms with van der Waals surface area (Å²) >= 11 is 0. The van der Waals surface area contributed by atoms with Crippen LogP contribution in [0.2, 0.25) is 0 Å². The Bertz CT molecular complexity index is 853. The molecule has 2 aliphatic rings. The van der Waals surface area contributed by atoms with E-state index in [0.717, 1.165) is 36.3 Å². The Morgan fingerprint density at radius 2 is 1.42 bits per heavy atom. The molecule has 0 aliphatic heterocycles. The molecule has 2 aliphatic carbocycles. The number of halogens is 1. The molecule has 2 aromatic carbocycles. The number of hydrogen-bond donors (Lipinski definition) is 0. The molecule has 0 amide bonds. The van der Waals surface area contributed by atoms with Crippen molar-refractivity contribution >= 4 is 0 Å². The summed E-state index contributed by atoms with van der Waals surface area (Å²) in [5, 5.41) is 0. The van der Waals surface area contributed by atoms with Crippen molar-refractivity contribution in [3.8, 4) is 11.1 Å². The second kappa shape index (κ2) is 11.6. The van der Waals surface area contributed by atoms with Crippen LogP contribution in [0.15, 0.2) is 42.5 Å². The molecule has 1 atom stereocenters. The summed E-state index contributed by atoms with van der Waals surface area (Å²) in [6, 6.07) is 14.7. The smallest absolute Gasteiger partial charge is 0.131 e. The number of ether oxygens (including phenoxy) is 1. The van der Waals surface area contributed by atoms with Crippen LogP contribution in [0.25, 0.3) is 11.1 Å². The largest absolute Gasteiger partial charge is 0.381 e. The summed E-state index contributed by atoms with van der Waals surface area (Å²) in [4.78, 5) is 0. The Labute approximate surface area is 201 Å². The predicted molar refractivity (Wildman–Crippen MR) is 137 cm³/mol. The second-order valence-electron chi connectivity index (χ2n) is 10.7. The molecule has 0 radical (unpaired) electrons. The van der Waals surface area contributed by atoms with Gasteiger partial charge in [0, 0.05) is 12.7 Å². The van der Waals surface area contributed by atoms with Gasteiger partial charge in [-0.1, -0.05) is 63.1 Å². The summed E-state index contributed by atoms with van der Waals surface area (Å²) in [6.45, 7) is 4.50. The van der Waals surface area contributed by atoms with E-state index in [2.05, 4.69) is 44.2 Å². The van der Waals surface area contributed by atoms with Gasteiger partial charge in [0.1, 0.15) is 5.82 Å². The molecule has 0 N–H and O–H groups in total. The van der Waals surface area contributed by atoms with E-state index in [9.17, 15) is 0 Å². The fraction of sp³-hybridized carbons (Fsp3) is 0.613. The van der Waals surface area contributed by atoms with E-state index < -0.39 is 0 Å².